The molecule has 0 radical (unpaired) electrons. The number of benzene rings is 1. The molecule has 0 amide bonds. The predicted octanol–water partition coefficient (Wildman–Crippen LogP) is 2.69. The first kappa shape index (κ1) is 8.92. The van der Waals surface area contributed by atoms with Crippen molar-refractivity contribution >= 4 is 17.5 Å². The third-order valence-corrected chi connectivity index (χ3v) is 2.67. The predicted molar refractivity (Wildman–Crippen MR) is 58.8 cm³/mol. The van der Waals surface area contributed by atoms with Crippen molar-refractivity contribution in [2.24, 2.45) is 0 Å². The van der Waals surface area contributed by atoms with Crippen molar-refractivity contribution in [2.45, 2.75) is 0 Å². The number of rotatable bonds is 1. The number of hydrogen-bond acceptors (Lipinski definition) is 3. The van der Waals surface area contributed by atoms with Crippen LogP contribution in [0.5, 0.6) is 0 Å². The molecule has 0 saturated carbocycles. The highest BCUT2D eigenvalue weighted by atomic mass is 32.2. The maximum atomic E-state index is 8.48. The number of allylic oxidation sites excluding steroid dienone is 1. The van der Waals surface area contributed by atoms with Crippen molar-refractivity contribution in [1.82, 2.24) is 5.32 Å². The molecule has 14 heavy (non-hydrogen) atoms. The van der Waals surface area contributed by atoms with Crippen LogP contribution >= 0.6 is 11.8 Å². The Morgan fingerprint density at radius 3 is 2.79 bits per heavy atom. The molecule has 0 unspecified atom stereocenters. The Labute approximate surface area is 86.9 Å². The van der Waals surface area contributed by atoms with Crippen molar-refractivity contribution in [3.63, 3.8) is 0 Å². The lowest BCUT2D eigenvalue weighted by molar-refractivity contribution is 1.21. The summed E-state index contributed by atoms with van der Waals surface area (Å²) in [6.45, 7) is 0. The molecule has 0 spiro atoms. The summed E-state index contributed by atoms with van der Waals surface area (Å²) < 4.78 is 0. The lowest BCUT2D eigenvalue weighted by Gasteiger charge is -2.02. The maximum absolute atomic E-state index is 8.48. The standard InChI is InChI=1S/C11H8N2S/c12-7-6-11-13-10(8-14-11)9-4-2-1-3-5-9/h1-6,8,13H/b11-6-. The molecule has 68 valence electrons. The molecule has 0 bridgehead atoms. The van der Waals surface area contributed by atoms with Crippen molar-refractivity contribution in [1.29, 1.82) is 5.26 Å². The van der Waals surface area contributed by atoms with Crippen LogP contribution in [0.25, 0.3) is 5.70 Å². The van der Waals surface area contributed by atoms with E-state index in [1.54, 1.807) is 0 Å². The highest BCUT2D eigenvalue weighted by Gasteiger charge is 2.10. The smallest absolute Gasteiger partial charge is 0.0939 e. The molecule has 0 aliphatic carbocycles. The van der Waals surface area contributed by atoms with Crippen LogP contribution in [0.15, 0.2) is 46.8 Å². The molecule has 1 aromatic rings. The van der Waals surface area contributed by atoms with Gasteiger partial charge in [-0.2, -0.15) is 5.26 Å². The zero-order valence-electron chi connectivity index (χ0n) is 7.40. The summed E-state index contributed by atoms with van der Waals surface area (Å²) in [5.74, 6) is 0. The van der Waals surface area contributed by atoms with E-state index in [0.717, 1.165) is 16.3 Å². The molecule has 1 aliphatic heterocycles. The Kier molecular flexibility index (Phi) is 2.57. The Balaban J connectivity index is 2.18. The van der Waals surface area contributed by atoms with Crippen molar-refractivity contribution < 1.29 is 0 Å². The van der Waals surface area contributed by atoms with E-state index in [9.17, 15) is 0 Å². The molecule has 1 aliphatic rings. The van der Waals surface area contributed by atoms with Crippen molar-refractivity contribution in [3.05, 3.63) is 52.4 Å². The van der Waals surface area contributed by atoms with E-state index in [2.05, 4.69) is 5.32 Å². The summed E-state index contributed by atoms with van der Waals surface area (Å²) in [4.78, 5) is 0. The van der Waals surface area contributed by atoms with E-state index in [-0.39, 0.29) is 0 Å². The molecular formula is C11H8N2S. The molecule has 1 heterocycles. The van der Waals surface area contributed by atoms with Gasteiger partial charge in [-0.15, -0.1) is 0 Å². The molecule has 0 fully saturated rings. The van der Waals surface area contributed by atoms with Crippen LogP contribution < -0.4 is 5.32 Å². The van der Waals surface area contributed by atoms with Crippen LogP contribution in [0.4, 0.5) is 0 Å². The molecule has 0 atom stereocenters. The minimum Gasteiger partial charge on any atom is -0.348 e. The Hall–Kier alpha value is -1.66. The fraction of sp³-hybridized carbons (Fsp3) is 0. The van der Waals surface area contributed by atoms with E-state index < -0.39 is 0 Å². The molecule has 0 saturated heterocycles. The minimum atomic E-state index is 0.881. The first-order valence-electron chi connectivity index (χ1n) is 4.19. The van der Waals surface area contributed by atoms with Crippen LogP contribution in [0.1, 0.15) is 5.56 Å². The minimum absolute atomic E-state index is 0.881. The average molecular weight is 200 g/mol. The van der Waals surface area contributed by atoms with Crippen LogP contribution in [0, 0.1) is 11.3 Å². The lowest BCUT2D eigenvalue weighted by atomic mass is 10.2. The largest absolute Gasteiger partial charge is 0.348 e. The second-order valence-electron chi connectivity index (χ2n) is 2.78. The number of nitrogens with one attached hydrogen (secondary N) is 1. The van der Waals surface area contributed by atoms with Gasteiger partial charge in [0.2, 0.25) is 0 Å². The van der Waals surface area contributed by atoms with Gasteiger partial charge in [-0.3, -0.25) is 0 Å². The van der Waals surface area contributed by atoms with E-state index in [1.165, 1.54) is 17.8 Å². The van der Waals surface area contributed by atoms with E-state index >= 15 is 0 Å². The quantitative estimate of drug-likeness (QED) is 0.708. The topological polar surface area (TPSA) is 35.8 Å². The maximum Gasteiger partial charge on any atom is 0.0939 e. The molecule has 2 nitrogen and oxygen atoms in total. The summed E-state index contributed by atoms with van der Waals surface area (Å²) >= 11 is 1.54. The van der Waals surface area contributed by atoms with Gasteiger partial charge in [-0.25, -0.2) is 0 Å². The fourth-order valence-electron chi connectivity index (χ4n) is 1.20. The summed E-state index contributed by atoms with van der Waals surface area (Å²) in [6, 6.07) is 12.0. The van der Waals surface area contributed by atoms with Gasteiger partial charge in [-0.05, 0) is 5.56 Å². The van der Waals surface area contributed by atoms with Crippen LogP contribution in [0.3, 0.4) is 0 Å². The highest BCUT2D eigenvalue weighted by molar-refractivity contribution is 8.06. The summed E-state index contributed by atoms with van der Waals surface area (Å²) in [5, 5.41) is 14.5. The first-order chi connectivity index (χ1) is 6.90. The number of hydrogen-bond donors (Lipinski definition) is 1. The van der Waals surface area contributed by atoms with E-state index in [4.69, 9.17) is 5.26 Å². The van der Waals surface area contributed by atoms with E-state index in [0.29, 0.717) is 0 Å². The van der Waals surface area contributed by atoms with Gasteiger partial charge in [0.1, 0.15) is 0 Å². The highest BCUT2D eigenvalue weighted by Crippen LogP contribution is 2.29. The van der Waals surface area contributed by atoms with Gasteiger partial charge in [0.05, 0.1) is 16.8 Å². The second kappa shape index (κ2) is 4.03. The van der Waals surface area contributed by atoms with Gasteiger partial charge < -0.3 is 5.32 Å². The molecule has 1 N–H and O–H groups in total. The normalized spacial score (nSPS) is 17.4. The number of nitriles is 1. The zero-order valence-corrected chi connectivity index (χ0v) is 8.21. The Bertz CT molecular complexity index is 426. The Morgan fingerprint density at radius 1 is 1.29 bits per heavy atom. The van der Waals surface area contributed by atoms with Gasteiger partial charge in [0.15, 0.2) is 0 Å². The molecular weight excluding hydrogens is 192 g/mol. The van der Waals surface area contributed by atoms with Gasteiger partial charge in [0, 0.05) is 11.5 Å². The third-order valence-electron chi connectivity index (χ3n) is 1.84. The molecule has 2 rings (SSSR count). The first-order valence-corrected chi connectivity index (χ1v) is 5.07. The molecule has 1 aromatic carbocycles. The third kappa shape index (κ3) is 1.81. The molecule has 0 aromatic heterocycles. The van der Waals surface area contributed by atoms with Gasteiger partial charge in [-0.1, -0.05) is 42.1 Å². The average Bonchev–Trinajstić information content (AvgIpc) is 2.68. The number of nitrogens with zero attached hydrogens (tertiary/aromatic N) is 1. The second-order valence-corrected chi connectivity index (χ2v) is 3.69. The number of thioether (sulfide) groups is 1. The summed E-state index contributed by atoms with van der Waals surface area (Å²) in [5.41, 5.74) is 2.19. The SMILES string of the molecule is N#C/C=C1/NC(c2ccccc2)=CS1. The van der Waals surface area contributed by atoms with Gasteiger partial charge >= 0.3 is 0 Å². The lowest BCUT2D eigenvalue weighted by Crippen LogP contribution is -2.03. The van der Waals surface area contributed by atoms with Crippen LogP contribution in [-0.2, 0) is 0 Å². The van der Waals surface area contributed by atoms with Crippen LogP contribution in [-0.4, -0.2) is 0 Å². The van der Waals surface area contributed by atoms with Gasteiger partial charge in [0.25, 0.3) is 0 Å². The monoisotopic (exact) mass is 200 g/mol. The molecule has 3 heteroatoms. The zero-order chi connectivity index (χ0) is 9.80. The van der Waals surface area contributed by atoms with E-state index in [1.807, 2.05) is 41.8 Å². The Morgan fingerprint density at radius 2 is 2.07 bits per heavy atom. The fourth-order valence-corrected chi connectivity index (χ4v) is 1.93. The van der Waals surface area contributed by atoms with Crippen LogP contribution in [0.2, 0.25) is 0 Å². The van der Waals surface area contributed by atoms with Crippen molar-refractivity contribution in [3.8, 4) is 6.07 Å². The summed E-state index contributed by atoms with van der Waals surface area (Å²) in [6.07, 6.45) is 1.51. The van der Waals surface area contributed by atoms with Crippen molar-refractivity contribution in [2.75, 3.05) is 0 Å². The summed E-state index contributed by atoms with van der Waals surface area (Å²) in [7, 11) is 0.